The molecule has 36 heavy (non-hydrogen) atoms. The van der Waals surface area contributed by atoms with Gasteiger partial charge in [-0.2, -0.15) is 0 Å². The Morgan fingerprint density at radius 3 is 2.42 bits per heavy atom. The zero-order valence-corrected chi connectivity index (χ0v) is 21.3. The van der Waals surface area contributed by atoms with Crippen LogP contribution in [0.4, 0.5) is 10.5 Å². The molecular formula is C26H31N3O6S. The van der Waals surface area contributed by atoms with E-state index in [0.717, 1.165) is 5.56 Å². The zero-order chi connectivity index (χ0) is 26.3. The Bertz CT molecular complexity index is 1100. The Morgan fingerprint density at radius 1 is 1.06 bits per heavy atom. The average molecular weight is 514 g/mol. The maximum Gasteiger partial charge on any atom is 0.330 e. The number of amides is 3. The highest BCUT2D eigenvalue weighted by molar-refractivity contribution is 8.00. The van der Waals surface area contributed by atoms with Crippen LogP contribution >= 0.6 is 11.8 Å². The molecule has 1 aliphatic rings. The second kappa shape index (κ2) is 11.9. The van der Waals surface area contributed by atoms with Crippen molar-refractivity contribution in [2.45, 2.75) is 50.6 Å². The van der Waals surface area contributed by atoms with Gasteiger partial charge in [0.1, 0.15) is 11.6 Å². The number of anilines is 1. The molecule has 1 heterocycles. The topological polar surface area (TPSA) is 125 Å². The first-order chi connectivity index (χ1) is 17.0. The fourth-order valence-electron chi connectivity index (χ4n) is 3.78. The van der Waals surface area contributed by atoms with Gasteiger partial charge in [-0.15, -0.1) is 11.8 Å². The number of carbonyl (C=O) groups excluding carboxylic acids is 3. The molecule has 1 aliphatic heterocycles. The fourth-order valence-corrected chi connectivity index (χ4v) is 5.21. The first-order valence-electron chi connectivity index (χ1n) is 11.6. The van der Waals surface area contributed by atoms with Crippen molar-refractivity contribution >= 4 is 41.3 Å². The summed E-state index contributed by atoms with van der Waals surface area (Å²) in [6.45, 7) is 5.01. The molecule has 1 fully saturated rings. The second-order valence-corrected chi connectivity index (χ2v) is 10.6. The number of hydrogen-bond acceptors (Lipinski definition) is 6. The Morgan fingerprint density at radius 2 is 1.75 bits per heavy atom. The fraction of sp³-hybridized carbons (Fsp3) is 0.385. The number of urea groups is 1. The summed E-state index contributed by atoms with van der Waals surface area (Å²) in [7, 11) is 0. The molecule has 3 N–H and O–H groups in total. The van der Waals surface area contributed by atoms with Crippen LogP contribution in [0.15, 0.2) is 54.6 Å². The molecule has 2 aromatic carbocycles. The van der Waals surface area contributed by atoms with Crippen molar-refractivity contribution in [2.75, 3.05) is 17.6 Å². The van der Waals surface area contributed by atoms with Crippen LogP contribution in [0.1, 0.15) is 31.9 Å². The molecule has 3 rings (SSSR count). The lowest BCUT2D eigenvalue weighted by Crippen LogP contribution is -2.51. The minimum Gasteiger partial charge on any atom is -0.481 e. The van der Waals surface area contributed by atoms with E-state index < -0.39 is 35.5 Å². The molecule has 1 unspecified atom stereocenters. The molecule has 0 bridgehead atoms. The van der Waals surface area contributed by atoms with Gasteiger partial charge in [-0.05, 0) is 44.0 Å². The zero-order valence-electron chi connectivity index (χ0n) is 20.5. The Hall–Kier alpha value is -3.53. The highest BCUT2D eigenvalue weighted by Crippen LogP contribution is 2.33. The van der Waals surface area contributed by atoms with Crippen LogP contribution in [0, 0.1) is 0 Å². The predicted octanol–water partition coefficient (Wildman–Crippen LogP) is 3.29. The first kappa shape index (κ1) is 27.1. The van der Waals surface area contributed by atoms with Crippen molar-refractivity contribution in [3.8, 4) is 0 Å². The standard InChI is InChI=1S/C26H31N3O6S/c1-26(2,3)35-24(33)20-16-36-22(13-17-8-5-4-6-9-17)29(20)21(30)15-27-25(34)28-19-11-7-10-18(12-19)14-23(31)32/h4-12,20,22H,13-16H2,1-3H3,(H,31,32)(H2,27,28,34)/t20-,22?/m0/s1. The van der Waals surface area contributed by atoms with Gasteiger partial charge in [0.15, 0.2) is 0 Å². The van der Waals surface area contributed by atoms with E-state index in [0.29, 0.717) is 23.4 Å². The number of esters is 1. The minimum absolute atomic E-state index is 0.170. The third kappa shape index (κ3) is 8.01. The number of nitrogens with one attached hydrogen (secondary N) is 2. The summed E-state index contributed by atoms with van der Waals surface area (Å²) < 4.78 is 5.56. The summed E-state index contributed by atoms with van der Waals surface area (Å²) >= 11 is 1.51. The van der Waals surface area contributed by atoms with E-state index in [1.54, 1.807) is 45.0 Å². The number of carboxylic acids is 1. The lowest BCUT2D eigenvalue weighted by molar-refractivity contribution is -0.163. The number of thioether (sulfide) groups is 1. The van der Waals surface area contributed by atoms with Crippen LogP contribution in [0.2, 0.25) is 0 Å². The van der Waals surface area contributed by atoms with Crippen LogP contribution in [0.5, 0.6) is 0 Å². The minimum atomic E-state index is -0.977. The van der Waals surface area contributed by atoms with E-state index in [2.05, 4.69) is 10.6 Å². The van der Waals surface area contributed by atoms with Gasteiger partial charge in [0.25, 0.3) is 0 Å². The highest BCUT2D eigenvalue weighted by atomic mass is 32.2. The molecule has 0 radical (unpaired) electrons. The van der Waals surface area contributed by atoms with E-state index in [9.17, 15) is 19.2 Å². The van der Waals surface area contributed by atoms with Crippen molar-refractivity contribution in [2.24, 2.45) is 0 Å². The monoisotopic (exact) mass is 513 g/mol. The molecule has 0 aromatic heterocycles. The van der Waals surface area contributed by atoms with Crippen molar-refractivity contribution in [1.82, 2.24) is 10.2 Å². The molecule has 0 aliphatic carbocycles. The highest BCUT2D eigenvalue weighted by Gasteiger charge is 2.43. The SMILES string of the molecule is CC(C)(C)OC(=O)[C@@H]1CSC(Cc2ccccc2)N1C(=O)CNC(=O)Nc1cccc(CC(=O)O)c1. The Labute approximate surface area is 214 Å². The van der Waals surface area contributed by atoms with Gasteiger partial charge in [-0.1, -0.05) is 42.5 Å². The summed E-state index contributed by atoms with van der Waals surface area (Å²) in [5.74, 6) is -1.44. The molecule has 192 valence electrons. The maximum atomic E-state index is 13.3. The number of nitrogens with zero attached hydrogens (tertiary/aromatic N) is 1. The number of carbonyl (C=O) groups is 4. The van der Waals surface area contributed by atoms with Crippen molar-refractivity contribution in [3.05, 3.63) is 65.7 Å². The summed E-state index contributed by atoms with van der Waals surface area (Å²) in [6.07, 6.45) is 0.385. The molecule has 0 spiro atoms. The van der Waals surface area contributed by atoms with E-state index in [1.807, 2.05) is 30.3 Å². The largest absolute Gasteiger partial charge is 0.481 e. The summed E-state index contributed by atoms with van der Waals surface area (Å²) in [5.41, 5.74) is 1.28. The van der Waals surface area contributed by atoms with Crippen LogP contribution in [-0.4, -0.2) is 63.2 Å². The van der Waals surface area contributed by atoms with Gasteiger partial charge in [0, 0.05) is 17.9 Å². The lowest BCUT2D eigenvalue weighted by Gasteiger charge is -2.30. The van der Waals surface area contributed by atoms with E-state index >= 15 is 0 Å². The molecule has 2 aromatic rings. The smallest absolute Gasteiger partial charge is 0.330 e. The maximum absolute atomic E-state index is 13.3. The molecule has 10 heteroatoms. The number of benzene rings is 2. The van der Waals surface area contributed by atoms with Gasteiger partial charge in [0.05, 0.1) is 18.3 Å². The van der Waals surface area contributed by atoms with Crippen LogP contribution in [0.3, 0.4) is 0 Å². The molecule has 3 amide bonds. The number of carboxylic acid groups (broad SMARTS) is 1. The number of hydrogen-bond donors (Lipinski definition) is 3. The van der Waals surface area contributed by atoms with E-state index in [4.69, 9.17) is 9.84 Å². The third-order valence-corrected chi connectivity index (χ3v) is 6.54. The van der Waals surface area contributed by atoms with Crippen LogP contribution in [0.25, 0.3) is 0 Å². The quantitative estimate of drug-likeness (QED) is 0.463. The average Bonchev–Trinajstić information content (AvgIpc) is 3.20. The molecule has 9 nitrogen and oxygen atoms in total. The Kier molecular flexibility index (Phi) is 8.98. The van der Waals surface area contributed by atoms with Crippen molar-refractivity contribution < 1.29 is 29.0 Å². The van der Waals surface area contributed by atoms with E-state index in [1.165, 1.54) is 16.7 Å². The summed E-state index contributed by atoms with van der Waals surface area (Å²) in [5, 5.41) is 13.8. The number of rotatable bonds is 8. The second-order valence-electron chi connectivity index (χ2n) is 9.41. The Balaban J connectivity index is 1.67. The van der Waals surface area contributed by atoms with Crippen LogP contribution in [-0.2, 0) is 32.0 Å². The molecule has 1 saturated heterocycles. The van der Waals surface area contributed by atoms with Gasteiger partial charge < -0.3 is 25.4 Å². The lowest BCUT2D eigenvalue weighted by atomic mass is 10.1. The molecule has 0 saturated carbocycles. The number of ether oxygens (including phenoxy) is 1. The normalized spacial score (nSPS) is 17.4. The van der Waals surface area contributed by atoms with Crippen molar-refractivity contribution in [1.29, 1.82) is 0 Å². The summed E-state index contributed by atoms with van der Waals surface area (Å²) in [4.78, 5) is 51.0. The number of aliphatic carboxylic acids is 1. The molecular weight excluding hydrogens is 482 g/mol. The van der Waals surface area contributed by atoms with E-state index in [-0.39, 0.29) is 18.3 Å². The summed E-state index contributed by atoms with van der Waals surface area (Å²) in [6, 6.07) is 14.8. The van der Waals surface area contributed by atoms with Crippen molar-refractivity contribution in [3.63, 3.8) is 0 Å². The first-order valence-corrected chi connectivity index (χ1v) is 12.6. The van der Waals surface area contributed by atoms with Gasteiger partial charge in [-0.3, -0.25) is 9.59 Å². The van der Waals surface area contributed by atoms with Gasteiger partial charge >= 0.3 is 18.0 Å². The van der Waals surface area contributed by atoms with Gasteiger partial charge in [0.2, 0.25) is 5.91 Å². The molecule has 2 atom stereocenters. The van der Waals surface area contributed by atoms with Gasteiger partial charge in [-0.25, -0.2) is 9.59 Å². The predicted molar refractivity (Wildman–Crippen MR) is 138 cm³/mol. The van der Waals surface area contributed by atoms with Crippen LogP contribution < -0.4 is 10.6 Å². The third-order valence-electron chi connectivity index (χ3n) is 5.25.